The lowest BCUT2D eigenvalue weighted by Crippen LogP contribution is -2.13. The van der Waals surface area contributed by atoms with Gasteiger partial charge in [-0.25, -0.2) is 4.98 Å². The Morgan fingerprint density at radius 2 is 2.24 bits per heavy atom. The lowest BCUT2D eigenvalue weighted by Gasteiger charge is -2.08. The molecule has 0 saturated carbocycles. The summed E-state index contributed by atoms with van der Waals surface area (Å²) in [4.78, 5) is 16.1. The number of amides is 1. The number of benzene rings is 1. The molecule has 1 aromatic carbocycles. The van der Waals surface area contributed by atoms with E-state index in [-0.39, 0.29) is 16.9 Å². The summed E-state index contributed by atoms with van der Waals surface area (Å²) in [5.41, 5.74) is 0.324. The van der Waals surface area contributed by atoms with E-state index in [0.717, 1.165) is 0 Å². The second kappa shape index (κ2) is 6.24. The van der Waals surface area contributed by atoms with Gasteiger partial charge in [0.05, 0.1) is 17.1 Å². The number of nitrogens with zero attached hydrogens (tertiary/aromatic N) is 2. The van der Waals surface area contributed by atoms with Crippen LogP contribution in [0, 0.1) is 11.3 Å². The SMILES string of the molecule is COc1cc(NC(=O)c2ccc(C#N)c(O)c2)ncc1Br. The van der Waals surface area contributed by atoms with Gasteiger partial charge in [-0.05, 0) is 34.1 Å². The van der Waals surface area contributed by atoms with Gasteiger partial charge in [-0.15, -0.1) is 0 Å². The van der Waals surface area contributed by atoms with Crippen LogP contribution >= 0.6 is 15.9 Å². The van der Waals surface area contributed by atoms with Crippen molar-refractivity contribution in [3.05, 3.63) is 46.1 Å². The molecular formula is C14H10BrN3O3. The van der Waals surface area contributed by atoms with Crippen LogP contribution in [0.25, 0.3) is 0 Å². The predicted octanol–water partition coefficient (Wildman–Crippen LogP) is 2.68. The number of hydrogen-bond donors (Lipinski definition) is 2. The van der Waals surface area contributed by atoms with Crippen LogP contribution in [0.4, 0.5) is 5.82 Å². The van der Waals surface area contributed by atoms with Crippen LogP contribution in [0.3, 0.4) is 0 Å². The molecule has 0 fully saturated rings. The number of nitriles is 1. The molecule has 0 bridgehead atoms. The van der Waals surface area contributed by atoms with Crippen LogP contribution in [-0.4, -0.2) is 23.1 Å². The number of ether oxygens (including phenoxy) is 1. The topological polar surface area (TPSA) is 95.2 Å². The molecule has 7 heteroatoms. The van der Waals surface area contributed by atoms with Crippen molar-refractivity contribution in [3.8, 4) is 17.6 Å². The Morgan fingerprint density at radius 1 is 1.48 bits per heavy atom. The molecule has 1 heterocycles. The molecule has 0 radical (unpaired) electrons. The van der Waals surface area contributed by atoms with E-state index in [2.05, 4.69) is 26.2 Å². The number of phenolic OH excluding ortho intramolecular Hbond substituents is 1. The highest BCUT2D eigenvalue weighted by molar-refractivity contribution is 9.10. The molecule has 2 aromatic rings. The maximum atomic E-state index is 12.1. The van der Waals surface area contributed by atoms with E-state index in [4.69, 9.17) is 10.00 Å². The molecule has 0 atom stereocenters. The van der Waals surface area contributed by atoms with Crippen LogP contribution in [0.15, 0.2) is 34.9 Å². The summed E-state index contributed by atoms with van der Waals surface area (Å²) >= 11 is 3.26. The van der Waals surface area contributed by atoms with Gasteiger partial charge >= 0.3 is 0 Å². The lowest BCUT2D eigenvalue weighted by atomic mass is 10.1. The third-order valence-corrected chi connectivity index (χ3v) is 3.26. The molecule has 0 aliphatic heterocycles. The number of aromatic nitrogens is 1. The van der Waals surface area contributed by atoms with Gasteiger partial charge in [-0.3, -0.25) is 4.79 Å². The molecular weight excluding hydrogens is 338 g/mol. The Kier molecular flexibility index (Phi) is 4.40. The first-order valence-electron chi connectivity index (χ1n) is 5.79. The lowest BCUT2D eigenvalue weighted by molar-refractivity contribution is 0.102. The summed E-state index contributed by atoms with van der Waals surface area (Å²) in [6.45, 7) is 0. The highest BCUT2D eigenvalue weighted by Gasteiger charge is 2.11. The minimum atomic E-state index is -0.452. The van der Waals surface area contributed by atoms with E-state index in [1.54, 1.807) is 6.07 Å². The quantitative estimate of drug-likeness (QED) is 0.889. The molecule has 2 N–H and O–H groups in total. The number of hydrogen-bond acceptors (Lipinski definition) is 5. The molecule has 6 nitrogen and oxygen atoms in total. The van der Waals surface area contributed by atoms with Crippen molar-refractivity contribution in [1.82, 2.24) is 4.98 Å². The minimum absolute atomic E-state index is 0.106. The van der Waals surface area contributed by atoms with E-state index in [1.807, 2.05) is 6.07 Å². The number of phenols is 1. The fourth-order valence-corrected chi connectivity index (χ4v) is 1.98. The van der Waals surface area contributed by atoms with Crippen molar-refractivity contribution in [2.24, 2.45) is 0 Å². The number of rotatable bonds is 3. The molecule has 1 aromatic heterocycles. The Hall–Kier alpha value is -2.59. The zero-order valence-electron chi connectivity index (χ0n) is 10.9. The third-order valence-electron chi connectivity index (χ3n) is 2.66. The molecule has 2 rings (SSSR count). The number of pyridine rings is 1. The van der Waals surface area contributed by atoms with Crippen molar-refractivity contribution in [2.45, 2.75) is 0 Å². The first-order chi connectivity index (χ1) is 10.0. The molecule has 0 aliphatic carbocycles. The van der Waals surface area contributed by atoms with E-state index in [1.165, 1.54) is 31.5 Å². The Labute approximate surface area is 129 Å². The van der Waals surface area contributed by atoms with Crippen LogP contribution in [0.2, 0.25) is 0 Å². The fourth-order valence-electron chi connectivity index (χ4n) is 1.60. The fraction of sp³-hybridized carbons (Fsp3) is 0.0714. The van der Waals surface area contributed by atoms with Gasteiger partial charge in [-0.2, -0.15) is 5.26 Å². The van der Waals surface area contributed by atoms with E-state index < -0.39 is 5.91 Å². The maximum Gasteiger partial charge on any atom is 0.256 e. The van der Waals surface area contributed by atoms with E-state index >= 15 is 0 Å². The Morgan fingerprint density at radius 3 is 2.86 bits per heavy atom. The molecule has 0 unspecified atom stereocenters. The summed E-state index contributed by atoms with van der Waals surface area (Å²) in [6.07, 6.45) is 1.50. The van der Waals surface area contributed by atoms with Gasteiger partial charge in [0.15, 0.2) is 0 Å². The van der Waals surface area contributed by atoms with Gasteiger partial charge in [-0.1, -0.05) is 0 Å². The summed E-state index contributed by atoms with van der Waals surface area (Å²) in [7, 11) is 1.50. The van der Waals surface area contributed by atoms with Crippen LogP contribution < -0.4 is 10.1 Å². The number of methoxy groups -OCH3 is 1. The molecule has 21 heavy (non-hydrogen) atoms. The predicted molar refractivity (Wildman–Crippen MR) is 79.3 cm³/mol. The first-order valence-corrected chi connectivity index (χ1v) is 6.58. The standard InChI is InChI=1S/C14H10BrN3O3/c1-21-12-5-13(17-7-10(12)15)18-14(20)8-2-3-9(6-16)11(19)4-8/h2-5,7,19H,1H3,(H,17,18,20). The van der Waals surface area contributed by atoms with Gasteiger partial charge in [0.2, 0.25) is 0 Å². The monoisotopic (exact) mass is 347 g/mol. The van der Waals surface area contributed by atoms with Crippen molar-refractivity contribution in [3.63, 3.8) is 0 Å². The smallest absolute Gasteiger partial charge is 0.256 e. The highest BCUT2D eigenvalue weighted by atomic mass is 79.9. The maximum absolute atomic E-state index is 12.1. The Balaban J connectivity index is 2.22. The molecule has 0 spiro atoms. The number of aromatic hydroxyl groups is 1. The van der Waals surface area contributed by atoms with Crippen molar-refractivity contribution in [2.75, 3.05) is 12.4 Å². The summed E-state index contributed by atoms with van der Waals surface area (Å²) in [6, 6.07) is 7.43. The van der Waals surface area contributed by atoms with Gasteiger partial charge in [0.1, 0.15) is 23.4 Å². The van der Waals surface area contributed by atoms with Crippen molar-refractivity contribution < 1.29 is 14.6 Å². The van der Waals surface area contributed by atoms with Gasteiger partial charge in [0, 0.05) is 17.8 Å². The zero-order chi connectivity index (χ0) is 15.4. The van der Waals surface area contributed by atoms with Crippen LogP contribution in [-0.2, 0) is 0 Å². The normalized spacial score (nSPS) is 9.76. The number of nitrogens with one attached hydrogen (secondary N) is 1. The van der Waals surface area contributed by atoms with Crippen LogP contribution in [0.5, 0.6) is 11.5 Å². The van der Waals surface area contributed by atoms with Crippen LogP contribution in [0.1, 0.15) is 15.9 Å². The molecule has 106 valence electrons. The zero-order valence-corrected chi connectivity index (χ0v) is 12.5. The minimum Gasteiger partial charge on any atom is -0.507 e. The average Bonchev–Trinajstić information content (AvgIpc) is 2.49. The number of halogens is 1. The highest BCUT2D eigenvalue weighted by Crippen LogP contribution is 2.26. The van der Waals surface area contributed by atoms with Crippen molar-refractivity contribution in [1.29, 1.82) is 5.26 Å². The number of carbonyl (C=O) groups excluding carboxylic acids is 1. The van der Waals surface area contributed by atoms with E-state index in [9.17, 15) is 9.90 Å². The third kappa shape index (κ3) is 3.30. The summed E-state index contributed by atoms with van der Waals surface area (Å²) in [5, 5.41) is 20.9. The van der Waals surface area contributed by atoms with Gasteiger partial charge in [0.25, 0.3) is 5.91 Å². The second-order valence-electron chi connectivity index (χ2n) is 4.00. The number of anilines is 1. The second-order valence-corrected chi connectivity index (χ2v) is 4.86. The molecule has 0 aliphatic rings. The molecule has 0 saturated heterocycles. The molecule has 1 amide bonds. The summed E-state index contributed by atoms with van der Waals surface area (Å²) in [5.74, 6) is 0.144. The number of carbonyl (C=O) groups is 1. The van der Waals surface area contributed by atoms with Crippen molar-refractivity contribution >= 4 is 27.7 Å². The summed E-state index contributed by atoms with van der Waals surface area (Å²) < 4.78 is 5.77. The Bertz CT molecular complexity index is 741. The van der Waals surface area contributed by atoms with Gasteiger partial charge < -0.3 is 15.2 Å². The van der Waals surface area contributed by atoms with E-state index in [0.29, 0.717) is 16.0 Å². The largest absolute Gasteiger partial charge is 0.507 e. The first kappa shape index (κ1) is 14.8. The average molecular weight is 348 g/mol.